The number of aryl methyl sites for hydroxylation is 1. The third kappa shape index (κ3) is 3.35. The Balaban J connectivity index is 2.01. The van der Waals surface area contributed by atoms with Crippen molar-refractivity contribution in [2.75, 3.05) is 7.11 Å². The molecule has 2 rings (SSSR count). The minimum Gasteiger partial charge on any atom is -0.496 e. The van der Waals surface area contributed by atoms with Gasteiger partial charge in [0.15, 0.2) is 5.76 Å². The van der Waals surface area contributed by atoms with Crippen LogP contribution in [0.1, 0.15) is 21.8 Å². The Bertz CT molecular complexity index is 595. The summed E-state index contributed by atoms with van der Waals surface area (Å²) < 4.78 is 10.9. The highest BCUT2D eigenvalue weighted by Gasteiger charge is 2.09. The number of carbonyl (C=O) groups is 1. The Labute approximate surface area is 119 Å². The van der Waals surface area contributed by atoms with Crippen LogP contribution in [0.2, 0.25) is 0 Å². The first-order valence-electron chi connectivity index (χ1n) is 5.64. The second-order valence-corrected chi connectivity index (χ2v) is 4.82. The summed E-state index contributed by atoms with van der Waals surface area (Å²) >= 11 is 3.34. The molecular formula is C13H13BrN2O3. The lowest BCUT2D eigenvalue weighted by Gasteiger charge is -2.06. The Hall–Kier alpha value is -1.82. The average Bonchev–Trinajstić information content (AvgIpc) is 2.81. The number of rotatable bonds is 4. The lowest BCUT2D eigenvalue weighted by molar-refractivity contribution is 0.0947. The molecule has 0 aliphatic rings. The molecule has 0 aliphatic carbocycles. The van der Waals surface area contributed by atoms with Crippen molar-refractivity contribution in [2.45, 2.75) is 13.5 Å². The summed E-state index contributed by atoms with van der Waals surface area (Å²) in [5.74, 6) is 1.12. The molecule has 1 heterocycles. The third-order valence-corrected chi connectivity index (χ3v) is 3.13. The maximum absolute atomic E-state index is 11.9. The number of amides is 1. The van der Waals surface area contributed by atoms with Crippen LogP contribution < -0.4 is 10.1 Å². The van der Waals surface area contributed by atoms with Gasteiger partial charge in [0.1, 0.15) is 5.75 Å². The van der Waals surface area contributed by atoms with Crippen LogP contribution in [0.4, 0.5) is 0 Å². The molecule has 0 aliphatic heterocycles. The molecule has 0 saturated carbocycles. The molecule has 0 radical (unpaired) electrons. The number of hydrogen-bond acceptors (Lipinski definition) is 4. The first kappa shape index (κ1) is 13.6. The highest BCUT2D eigenvalue weighted by molar-refractivity contribution is 9.10. The summed E-state index contributed by atoms with van der Waals surface area (Å²) in [4.78, 5) is 11.9. The standard InChI is InChI=1S/C13H13BrN2O3/c1-8-5-10(19-16-8)7-15-13(17)9-3-4-12(18-2)11(14)6-9/h3-6H,7H2,1-2H3,(H,15,17). The summed E-state index contributed by atoms with van der Waals surface area (Å²) in [6.45, 7) is 2.14. The molecule has 1 aromatic heterocycles. The van der Waals surface area contributed by atoms with Crippen molar-refractivity contribution in [2.24, 2.45) is 0 Å². The Kier molecular flexibility index (Phi) is 4.21. The zero-order valence-electron chi connectivity index (χ0n) is 10.6. The molecule has 6 heteroatoms. The molecule has 0 atom stereocenters. The van der Waals surface area contributed by atoms with Gasteiger partial charge in [-0.2, -0.15) is 0 Å². The molecule has 0 saturated heterocycles. The van der Waals surface area contributed by atoms with Crippen molar-refractivity contribution in [1.29, 1.82) is 0 Å². The molecule has 19 heavy (non-hydrogen) atoms. The van der Waals surface area contributed by atoms with Crippen LogP contribution >= 0.6 is 15.9 Å². The molecule has 1 N–H and O–H groups in total. The summed E-state index contributed by atoms with van der Waals surface area (Å²) in [5, 5.41) is 6.51. The zero-order chi connectivity index (χ0) is 13.8. The molecular weight excluding hydrogens is 312 g/mol. The quantitative estimate of drug-likeness (QED) is 0.939. The van der Waals surface area contributed by atoms with E-state index in [2.05, 4.69) is 26.4 Å². The number of benzene rings is 1. The number of aromatic nitrogens is 1. The number of ether oxygens (including phenoxy) is 1. The van der Waals surface area contributed by atoms with Crippen LogP contribution in [0.25, 0.3) is 0 Å². The molecule has 1 aromatic carbocycles. The molecule has 0 spiro atoms. The van der Waals surface area contributed by atoms with E-state index in [1.807, 2.05) is 6.92 Å². The van der Waals surface area contributed by atoms with E-state index >= 15 is 0 Å². The van der Waals surface area contributed by atoms with E-state index in [-0.39, 0.29) is 5.91 Å². The van der Waals surface area contributed by atoms with Gasteiger partial charge in [0.2, 0.25) is 0 Å². The van der Waals surface area contributed by atoms with Crippen molar-refractivity contribution in [3.63, 3.8) is 0 Å². The number of nitrogens with zero attached hydrogens (tertiary/aromatic N) is 1. The van der Waals surface area contributed by atoms with E-state index in [4.69, 9.17) is 9.26 Å². The van der Waals surface area contributed by atoms with Crippen molar-refractivity contribution in [3.8, 4) is 5.75 Å². The van der Waals surface area contributed by atoms with Gasteiger partial charge >= 0.3 is 0 Å². The van der Waals surface area contributed by atoms with Crippen molar-refractivity contribution in [3.05, 3.63) is 45.8 Å². The van der Waals surface area contributed by atoms with Gasteiger partial charge in [-0.1, -0.05) is 5.16 Å². The maximum Gasteiger partial charge on any atom is 0.251 e. The van der Waals surface area contributed by atoms with Gasteiger partial charge in [0, 0.05) is 11.6 Å². The minimum atomic E-state index is -0.183. The van der Waals surface area contributed by atoms with Crippen molar-refractivity contribution < 1.29 is 14.1 Å². The van der Waals surface area contributed by atoms with Gasteiger partial charge < -0.3 is 14.6 Å². The third-order valence-electron chi connectivity index (χ3n) is 2.51. The predicted octanol–water partition coefficient (Wildman–Crippen LogP) is 2.68. The van der Waals surface area contributed by atoms with Crippen LogP contribution in [0, 0.1) is 6.92 Å². The van der Waals surface area contributed by atoms with Crippen LogP contribution in [0.3, 0.4) is 0 Å². The minimum absolute atomic E-state index is 0.183. The number of carbonyl (C=O) groups excluding carboxylic acids is 1. The van der Waals surface area contributed by atoms with Crippen LogP contribution in [0.15, 0.2) is 33.3 Å². The molecule has 2 aromatic rings. The number of nitrogens with one attached hydrogen (secondary N) is 1. The Morgan fingerprint density at radius 2 is 2.26 bits per heavy atom. The topological polar surface area (TPSA) is 64.4 Å². The second kappa shape index (κ2) is 5.88. The lowest BCUT2D eigenvalue weighted by Crippen LogP contribution is -2.22. The van der Waals surface area contributed by atoms with E-state index in [0.29, 0.717) is 23.6 Å². The highest BCUT2D eigenvalue weighted by Crippen LogP contribution is 2.25. The van der Waals surface area contributed by atoms with E-state index in [9.17, 15) is 4.79 Å². The summed E-state index contributed by atoms with van der Waals surface area (Å²) in [7, 11) is 1.58. The van der Waals surface area contributed by atoms with Gasteiger partial charge in [-0.15, -0.1) is 0 Å². The van der Waals surface area contributed by atoms with Gasteiger partial charge in [-0.25, -0.2) is 0 Å². The number of halogens is 1. The van der Waals surface area contributed by atoms with E-state index in [0.717, 1.165) is 10.2 Å². The Morgan fingerprint density at radius 1 is 1.47 bits per heavy atom. The van der Waals surface area contributed by atoms with Crippen LogP contribution in [-0.4, -0.2) is 18.2 Å². The van der Waals surface area contributed by atoms with Crippen LogP contribution in [-0.2, 0) is 6.54 Å². The fourth-order valence-corrected chi connectivity index (χ4v) is 2.12. The first-order chi connectivity index (χ1) is 9.10. The molecule has 5 nitrogen and oxygen atoms in total. The lowest BCUT2D eigenvalue weighted by atomic mass is 10.2. The van der Waals surface area contributed by atoms with Crippen LogP contribution in [0.5, 0.6) is 5.75 Å². The monoisotopic (exact) mass is 324 g/mol. The molecule has 0 bridgehead atoms. The molecule has 0 unspecified atom stereocenters. The predicted molar refractivity (Wildman–Crippen MR) is 73.1 cm³/mol. The second-order valence-electron chi connectivity index (χ2n) is 3.97. The average molecular weight is 325 g/mol. The van der Waals surface area contributed by atoms with E-state index in [1.165, 1.54) is 0 Å². The fourth-order valence-electron chi connectivity index (χ4n) is 1.58. The number of hydrogen-bond donors (Lipinski definition) is 1. The largest absolute Gasteiger partial charge is 0.496 e. The molecule has 100 valence electrons. The summed E-state index contributed by atoms with van der Waals surface area (Å²) in [6, 6.07) is 6.92. The van der Waals surface area contributed by atoms with Gasteiger partial charge in [-0.05, 0) is 41.1 Å². The SMILES string of the molecule is COc1ccc(C(=O)NCc2cc(C)no2)cc1Br. The number of methoxy groups -OCH3 is 1. The smallest absolute Gasteiger partial charge is 0.251 e. The van der Waals surface area contributed by atoms with Gasteiger partial charge in [-0.3, -0.25) is 4.79 Å². The molecule has 1 amide bonds. The maximum atomic E-state index is 11.9. The summed E-state index contributed by atoms with van der Waals surface area (Å²) in [6.07, 6.45) is 0. The molecule has 0 fully saturated rings. The Morgan fingerprint density at radius 3 is 2.84 bits per heavy atom. The first-order valence-corrected chi connectivity index (χ1v) is 6.43. The van der Waals surface area contributed by atoms with Crippen molar-refractivity contribution in [1.82, 2.24) is 10.5 Å². The van der Waals surface area contributed by atoms with Crippen molar-refractivity contribution >= 4 is 21.8 Å². The van der Waals surface area contributed by atoms with Gasteiger partial charge in [0.05, 0.1) is 23.8 Å². The fraction of sp³-hybridized carbons (Fsp3) is 0.231. The van der Waals surface area contributed by atoms with Gasteiger partial charge in [0.25, 0.3) is 5.91 Å². The zero-order valence-corrected chi connectivity index (χ0v) is 12.2. The highest BCUT2D eigenvalue weighted by atomic mass is 79.9. The normalized spacial score (nSPS) is 10.3. The summed E-state index contributed by atoms with van der Waals surface area (Å²) in [5.41, 5.74) is 1.33. The van der Waals surface area contributed by atoms with E-state index < -0.39 is 0 Å². The van der Waals surface area contributed by atoms with E-state index in [1.54, 1.807) is 31.4 Å².